The number of ether oxygens (including phenoxy) is 1. The van der Waals surface area contributed by atoms with Gasteiger partial charge in [0.2, 0.25) is 0 Å². The van der Waals surface area contributed by atoms with Gasteiger partial charge in [0, 0.05) is 45.7 Å². The van der Waals surface area contributed by atoms with E-state index in [0.29, 0.717) is 19.6 Å². The molecule has 0 radical (unpaired) electrons. The number of unbranched alkanes of at least 4 members (excludes halogenated alkanes) is 2. The smallest absolute Gasteiger partial charge is 0.317 e. The van der Waals surface area contributed by atoms with Crippen LogP contribution in [0, 0.1) is 0 Å². The Morgan fingerprint density at radius 2 is 2.08 bits per heavy atom. The molecule has 0 bridgehead atoms. The summed E-state index contributed by atoms with van der Waals surface area (Å²) in [5.74, 6) is -0.131. The number of rotatable bonds is 9. The number of amides is 2. The number of esters is 1. The first kappa shape index (κ1) is 20.7. The third kappa shape index (κ3) is 7.74. The summed E-state index contributed by atoms with van der Waals surface area (Å²) in [5.41, 5.74) is 1.36. The molecule has 7 heteroatoms. The van der Waals surface area contributed by atoms with Crippen LogP contribution in [0.3, 0.4) is 0 Å². The molecule has 1 saturated heterocycles. The van der Waals surface area contributed by atoms with E-state index in [1.165, 1.54) is 5.56 Å². The number of carbonyl (C=O) groups excluding carboxylic acids is 2. The van der Waals surface area contributed by atoms with E-state index in [0.717, 1.165) is 58.4 Å². The van der Waals surface area contributed by atoms with Crippen LogP contribution in [0.2, 0.25) is 0 Å². The maximum Gasteiger partial charge on any atom is 0.317 e. The Kier molecular flexibility index (Phi) is 9.48. The molecule has 0 saturated carbocycles. The molecule has 0 atom stereocenters. The third-order valence-electron chi connectivity index (χ3n) is 4.50. The van der Waals surface area contributed by atoms with Gasteiger partial charge in [0.15, 0.2) is 0 Å². The Balaban J connectivity index is 1.57. The van der Waals surface area contributed by atoms with Gasteiger partial charge in [0.05, 0.1) is 6.61 Å². The second-order valence-corrected chi connectivity index (χ2v) is 7.38. The fourth-order valence-electron chi connectivity index (χ4n) is 3.08. The molecule has 26 heavy (non-hydrogen) atoms. The van der Waals surface area contributed by atoms with Gasteiger partial charge in [-0.1, -0.05) is 6.42 Å². The van der Waals surface area contributed by atoms with Crippen molar-refractivity contribution in [2.45, 2.75) is 45.6 Å². The number of hydrogen-bond donors (Lipinski definition) is 1. The minimum Gasteiger partial charge on any atom is -0.466 e. The molecule has 0 aliphatic carbocycles. The minimum atomic E-state index is -0.131. The number of urea groups is 1. The van der Waals surface area contributed by atoms with Crippen LogP contribution < -0.4 is 5.32 Å². The van der Waals surface area contributed by atoms with Gasteiger partial charge in [-0.15, -0.1) is 0 Å². The van der Waals surface area contributed by atoms with Crippen LogP contribution >= 0.6 is 11.3 Å². The fourth-order valence-corrected chi connectivity index (χ4v) is 3.74. The van der Waals surface area contributed by atoms with E-state index in [9.17, 15) is 9.59 Å². The first-order valence-electron chi connectivity index (χ1n) is 9.61. The SMILES string of the molecule is CCOC(=O)CCCCCNC(=O)N1CCCN(Cc2ccsc2)CC1. The van der Waals surface area contributed by atoms with Crippen molar-refractivity contribution in [3.05, 3.63) is 22.4 Å². The monoisotopic (exact) mass is 381 g/mol. The molecule has 6 nitrogen and oxygen atoms in total. The lowest BCUT2D eigenvalue weighted by atomic mass is 10.2. The molecule has 2 amide bonds. The van der Waals surface area contributed by atoms with Crippen LogP contribution in [-0.2, 0) is 16.1 Å². The summed E-state index contributed by atoms with van der Waals surface area (Å²) in [6.45, 7) is 7.44. The fraction of sp³-hybridized carbons (Fsp3) is 0.684. The summed E-state index contributed by atoms with van der Waals surface area (Å²) < 4.78 is 4.90. The van der Waals surface area contributed by atoms with Gasteiger partial charge in [-0.2, -0.15) is 11.3 Å². The standard InChI is InChI=1S/C19H31N3O3S/c1-2-25-18(23)7-4-3-5-9-20-19(24)22-11-6-10-21(12-13-22)15-17-8-14-26-16-17/h8,14,16H,2-7,9-13,15H2,1H3,(H,20,24). The van der Waals surface area contributed by atoms with Crippen molar-refractivity contribution >= 4 is 23.3 Å². The Morgan fingerprint density at radius 3 is 2.85 bits per heavy atom. The van der Waals surface area contributed by atoms with Crippen LogP contribution in [0.4, 0.5) is 4.79 Å². The normalized spacial score (nSPS) is 15.5. The number of thiophene rings is 1. The zero-order valence-electron chi connectivity index (χ0n) is 15.7. The van der Waals surface area contributed by atoms with Crippen molar-refractivity contribution in [3.8, 4) is 0 Å². The van der Waals surface area contributed by atoms with Crippen LogP contribution in [0.1, 0.15) is 44.6 Å². The Hall–Kier alpha value is -1.60. The second-order valence-electron chi connectivity index (χ2n) is 6.60. The highest BCUT2D eigenvalue weighted by atomic mass is 32.1. The molecule has 0 aromatic carbocycles. The summed E-state index contributed by atoms with van der Waals surface area (Å²) in [6.07, 6.45) is 4.11. The van der Waals surface area contributed by atoms with Gasteiger partial charge in [-0.3, -0.25) is 9.69 Å². The van der Waals surface area contributed by atoms with E-state index in [4.69, 9.17) is 4.74 Å². The highest BCUT2D eigenvalue weighted by Crippen LogP contribution is 2.12. The minimum absolute atomic E-state index is 0.0350. The van der Waals surface area contributed by atoms with Gasteiger partial charge >= 0.3 is 12.0 Å². The van der Waals surface area contributed by atoms with Crippen molar-refractivity contribution in [1.29, 1.82) is 0 Å². The van der Waals surface area contributed by atoms with Crippen molar-refractivity contribution < 1.29 is 14.3 Å². The molecular weight excluding hydrogens is 350 g/mol. The topological polar surface area (TPSA) is 61.9 Å². The second kappa shape index (κ2) is 11.9. The van der Waals surface area contributed by atoms with Crippen LogP contribution in [0.15, 0.2) is 16.8 Å². The average molecular weight is 382 g/mol. The summed E-state index contributed by atoms with van der Waals surface area (Å²) in [6, 6.07) is 2.20. The van der Waals surface area contributed by atoms with E-state index in [1.807, 2.05) is 11.8 Å². The van der Waals surface area contributed by atoms with E-state index in [2.05, 4.69) is 27.0 Å². The van der Waals surface area contributed by atoms with Gasteiger partial charge in [-0.25, -0.2) is 4.79 Å². The maximum absolute atomic E-state index is 12.3. The Morgan fingerprint density at radius 1 is 1.19 bits per heavy atom. The van der Waals surface area contributed by atoms with Crippen molar-refractivity contribution in [2.75, 3.05) is 39.3 Å². The lowest BCUT2D eigenvalue weighted by molar-refractivity contribution is -0.143. The van der Waals surface area contributed by atoms with Crippen LogP contribution in [0.25, 0.3) is 0 Å². The van der Waals surface area contributed by atoms with Gasteiger partial charge < -0.3 is 15.0 Å². The Labute approximate surface area is 160 Å². The molecule has 1 aromatic heterocycles. The first-order valence-corrected chi connectivity index (χ1v) is 10.5. The quantitative estimate of drug-likeness (QED) is 0.527. The van der Waals surface area contributed by atoms with E-state index < -0.39 is 0 Å². The maximum atomic E-state index is 12.3. The van der Waals surface area contributed by atoms with Gasteiger partial charge in [0.1, 0.15) is 0 Å². The Bertz CT molecular complexity index is 536. The molecule has 2 rings (SSSR count). The predicted molar refractivity (Wildman–Crippen MR) is 104 cm³/mol. The molecule has 1 aliphatic rings. The summed E-state index contributed by atoms with van der Waals surface area (Å²) in [7, 11) is 0. The van der Waals surface area contributed by atoms with Crippen molar-refractivity contribution in [3.63, 3.8) is 0 Å². The summed E-state index contributed by atoms with van der Waals surface area (Å²) in [4.78, 5) is 27.9. The number of nitrogens with zero attached hydrogens (tertiary/aromatic N) is 2. The molecule has 0 spiro atoms. The lowest BCUT2D eigenvalue weighted by Crippen LogP contribution is -2.42. The molecule has 146 valence electrons. The van der Waals surface area contributed by atoms with E-state index in [-0.39, 0.29) is 12.0 Å². The first-order chi connectivity index (χ1) is 12.7. The average Bonchev–Trinajstić information content (AvgIpc) is 3.02. The molecule has 1 N–H and O–H groups in total. The molecular formula is C19H31N3O3S. The zero-order chi connectivity index (χ0) is 18.6. The summed E-state index contributed by atoms with van der Waals surface area (Å²) >= 11 is 1.73. The third-order valence-corrected chi connectivity index (χ3v) is 5.23. The van der Waals surface area contributed by atoms with Crippen molar-refractivity contribution in [2.24, 2.45) is 0 Å². The van der Waals surface area contributed by atoms with Crippen molar-refractivity contribution in [1.82, 2.24) is 15.1 Å². The summed E-state index contributed by atoms with van der Waals surface area (Å²) in [5, 5.41) is 7.31. The number of carbonyl (C=O) groups is 2. The van der Waals surface area contributed by atoms with Crippen LogP contribution in [-0.4, -0.2) is 61.1 Å². The van der Waals surface area contributed by atoms with E-state index >= 15 is 0 Å². The highest BCUT2D eigenvalue weighted by Gasteiger charge is 2.18. The van der Waals surface area contributed by atoms with E-state index in [1.54, 1.807) is 11.3 Å². The van der Waals surface area contributed by atoms with Gasteiger partial charge in [0.25, 0.3) is 0 Å². The number of nitrogens with one attached hydrogen (secondary N) is 1. The zero-order valence-corrected chi connectivity index (χ0v) is 16.6. The predicted octanol–water partition coefficient (Wildman–Crippen LogP) is 3.09. The van der Waals surface area contributed by atoms with Gasteiger partial charge in [-0.05, 0) is 48.6 Å². The molecule has 1 aliphatic heterocycles. The molecule has 1 fully saturated rings. The molecule has 2 heterocycles. The molecule has 1 aromatic rings. The lowest BCUT2D eigenvalue weighted by Gasteiger charge is -2.22. The number of hydrogen-bond acceptors (Lipinski definition) is 5. The highest BCUT2D eigenvalue weighted by molar-refractivity contribution is 7.07. The molecule has 0 unspecified atom stereocenters. The largest absolute Gasteiger partial charge is 0.466 e. The van der Waals surface area contributed by atoms with Crippen LogP contribution in [0.5, 0.6) is 0 Å².